The summed E-state index contributed by atoms with van der Waals surface area (Å²) < 4.78 is 12.8. The van der Waals surface area contributed by atoms with Crippen molar-refractivity contribution >= 4 is 39.3 Å². The largest absolute Gasteiger partial charge is 0.457 e. The fourth-order valence-electron chi connectivity index (χ4n) is 1.97. The standard InChI is InChI=1S/C17H14N2O3S2/c1-10(2)21-16(20)14-8-12(6-7-18-14)22-11-4-5-13-15(9-11)24-17(19-13)23-3/h4-9H,1H2,2-3H3. The number of pyridine rings is 1. The highest BCUT2D eigenvalue weighted by Gasteiger charge is 2.11. The first-order valence-corrected chi connectivity index (χ1v) is 9.05. The lowest BCUT2D eigenvalue weighted by Gasteiger charge is -2.07. The van der Waals surface area contributed by atoms with Crippen molar-refractivity contribution in [3.8, 4) is 11.5 Å². The van der Waals surface area contributed by atoms with Crippen LogP contribution in [0.1, 0.15) is 17.4 Å². The van der Waals surface area contributed by atoms with Crippen molar-refractivity contribution in [3.63, 3.8) is 0 Å². The SMILES string of the molecule is C=C(C)OC(=O)c1cc(Oc2ccc3nc(SC)sc3c2)ccn1. The lowest BCUT2D eigenvalue weighted by molar-refractivity contribution is 0.0621. The molecular weight excluding hydrogens is 344 g/mol. The van der Waals surface area contributed by atoms with E-state index in [2.05, 4.69) is 16.5 Å². The Kier molecular flexibility index (Phi) is 4.82. The summed E-state index contributed by atoms with van der Waals surface area (Å²) in [6.45, 7) is 5.14. The quantitative estimate of drug-likeness (QED) is 0.367. The van der Waals surface area contributed by atoms with Crippen molar-refractivity contribution < 1.29 is 14.3 Å². The number of allylic oxidation sites excluding steroid dienone is 1. The van der Waals surface area contributed by atoms with Gasteiger partial charge in [-0.3, -0.25) is 0 Å². The molecule has 0 saturated heterocycles. The fourth-order valence-corrected chi connectivity index (χ4v) is 3.49. The first-order chi connectivity index (χ1) is 11.5. The smallest absolute Gasteiger partial charge is 0.362 e. The Labute approximate surface area is 147 Å². The third-order valence-electron chi connectivity index (χ3n) is 2.96. The number of benzene rings is 1. The number of carbonyl (C=O) groups excluding carboxylic acids is 1. The maximum absolute atomic E-state index is 11.9. The molecule has 122 valence electrons. The van der Waals surface area contributed by atoms with Crippen LogP contribution in [0.5, 0.6) is 11.5 Å². The van der Waals surface area contributed by atoms with Crippen LogP contribution >= 0.6 is 23.1 Å². The molecule has 0 atom stereocenters. The Hall–Kier alpha value is -2.38. The van der Waals surface area contributed by atoms with Crippen LogP contribution in [0.2, 0.25) is 0 Å². The number of nitrogens with zero attached hydrogens (tertiary/aromatic N) is 2. The molecule has 5 nitrogen and oxygen atoms in total. The van der Waals surface area contributed by atoms with Gasteiger partial charge in [-0.2, -0.15) is 0 Å². The zero-order valence-electron chi connectivity index (χ0n) is 13.1. The Balaban J connectivity index is 1.83. The van der Waals surface area contributed by atoms with E-state index in [1.165, 1.54) is 12.3 Å². The van der Waals surface area contributed by atoms with Gasteiger partial charge in [-0.05, 0) is 31.4 Å². The van der Waals surface area contributed by atoms with Gasteiger partial charge in [0.2, 0.25) is 0 Å². The monoisotopic (exact) mass is 358 g/mol. The second-order valence-corrected chi connectivity index (χ2v) is 6.97. The van der Waals surface area contributed by atoms with Gasteiger partial charge in [0.25, 0.3) is 0 Å². The molecule has 2 aromatic heterocycles. The van der Waals surface area contributed by atoms with E-state index in [1.807, 2.05) is 24.5 Å². The van der Waals surface area contributed by atoms with Crippen LogP contribution < -0.4 is 4.74 Å². The van der Waals surface area contributed by atoms with Crippen LogP contribution in [0.3, 0.4) is 0 Å². The minimum atomic E-state index is -0.560. The molecule has 0 fully saturated rings. The summed E-state index contributed by atoms with van der Waals surface area (Å²) in [5.74, 6) is 0.931. The van der Waals surface area contributed by atoms with Crippen LogP contribution in [-0.4, -0.2) is 22.2 Å². The summed E-state index contributed by atoms with van der Waals surface area (Å²) in [6, 6.07) is 8.91. The topological polar surface area (TPSA) is 61.3 Å². The van der Waals surface area contributed by atoms with Gasteiger partial charge in [-0.15, -0.1) is 11.3 Å². The summed E-state index contributed by atoms with van der Waals surface area (Å²) in [7, 11) is 0. The molecular formula is C17H14N2O3S2. The minimum Gasteiger partial charge on any atom is -0.457 e. The molecule has 3 rings (SSSR count). The molecule has 24 heavy (non-hydrogen) atoms. The Bertz CT molecular complexity index is 921. The third kappa shape index (κ3) is 3.74. The number of esters is 1. The first kappa shape index (κ1) is 16.5. The van der Waals surface area contributed by atoms with Crippen LogP contribution in [0.15, 0.2) is 53.2 Å². The summed E-state index contributed by atoms with van der Waals surface area (Å²) in [6.07, 6.45) is 3.50. The first-order valence-electron chi connectivity index (χ1n) is 7.01. The molecule has 1 aromatic carbocycles. The van der Waals surface area contributed by atoms with Gasteiger partial charge < -0.3 is 9.47 Å². The van der Waals surface area contributed by atoms with Crippen LogP contribution in [-0.2, 0) is 4.74 Å². The summed E-state index contributed by atoms with van der Waals surface area (Å²) in [4.78, 5) is 20.3. The highest BCUT2D eigenvalue weighted by atomic mass is 32.2. The number of ether oxygens (including phenoxy) is 2. The molecule has 3 aromatic rings. The van der Waals surface area contributed by atoms with Crippen LogP contribution in [0.4, 0.5) is 0 Å². The molecule has 7 heteroatoms. The number of aromatic nitrogens is 2. The number of rotatable bonds is 5. The van der Waals surface area contributed by atoms with Crippen molar-refractivity contribution in [2.75, 3.05) is 6.26 Å². The van der Waals surface area contributed by atoms with Gasteiger partial charge in [0.1, 0.15) is 11.5 Å². The third-order valence-corrected chi connectivity index (χ3v) is 4.96. The molecule has 0 N–H and O–H groups in total. The van der Waals surface area contributed by atoms with Crippen molar-refractivity contribution in [1.29, 1.82) is 0 Å². The van der Waals surface area contributed by atoms with Crippen molar-refractivity contribution in [2.24, 2.45) is 0 Å². The Morgan fingerprint density at radius 1 is 1.25 bits per heavy atom. The minimum absolute atomic E-state index is 0.166. The lowest BCUT2D eigenvalue weighted by Crippen LogP contribution is -2.05. The fraction of sp³-hybridized carbons (Fsp3) is 0.118. The van der Waals surface area contributed by atoms with Gasteiger partial charge >= 0.3 is 5.97 Å². The maximum atomic E-state index is 11.9. The van der Waals surface area contributed by atoms with Gasteiger partial charge in [-0.1, -0.05) is 18.3 Å². The number of hydrogen-bond donors (Lipinski definition) is 0. The van der Waals surface area contributed by atoms with Crippen molar-refractivity contribution in [2.45, 2.75) is 11.3 Å². The van der Waals surface area contributed by atoms with E-state index in [1.54, 1.807) is 36.1 Å². The van der Waals surface area contributed by atoms with E-state index in [-0.39, 0.29) is 5.69 Å². The van der Waals surface area contributed by atoms with E-state index in [0.717, 1.165) is 14.6 Å². The molecule has 0 saturated carbocycles. The molecule has 0 unspecified atom stereocenters. The predicted molar refractivity (Wildman–Crippen MR) is 95.9 cm³/mol. The highest BCUT2D eigenvalue weighted by Crippen LogP contribution is 2.32. The maximum Gasteiger partial charge on any atom is 0.362 e. The van der Waals surface area contributed by atoms with Crippen molar-refractivity contribution in [3.05, 3.63) is 54.6 Å². The molecule has 0 bridgehead atoms. The van der Waals surface area contributed by atoms with E-state index in [0.29, 0.717) is 17.3 Å². The average molecular weight is 358 g/mol. The number of fused-ring (bicyclic) bond motifs is 1. The number of thioether (sulfide) groups is 1. The molecule has 0 aliphatic rings. The normalized spacial score (nSPS) is 10.6. The summed E-state index contributed by atoms with van der Waals surface area (Å²) >= 11 is 3.23. The molecule has 0 amide bonds. The number of thiazole rings is 1. The van der Waals surface area contributed by atoms with Gasteiger partial charge in [0.15, 0.2) is 10.0 Å². The molecule has 0 aliphatic carbocycles. The zero-order valence-corrected chi connectivity index (χ0v) is 14.7. The van der Waals surface area contributed by atoms with E-state index < -0.39 is 5.97 Å². The molecule has 2 heterocycles. The predicted octanol–water partition coefficient (Wildman–Crippen LogP) is 4.90. The van der Waals surface area contributed by atoms with E-state index in [4.69, 9.17) is 9.47 Å². The second kappa shape index (κ2) is 7.02. The van der Waals surface area contributed by atoms with Crippen LogP contribution in [0.25, 0.3) is 10.2 Å². The van der Waals surface area contributed by atoms with Gasteiger partial charge in [0.05, 0.1) is 16.0 Å². The Morgan fingerprint density at radius 2 is 2.04 bits per heavy atom. The molecule has 0 aliphatic heterocycles. The lowest BCUT2D eigenvalue weighted by atomic mass is 10.3. The van der Waals surface area contributed by atoms with Gasteiger partial charge in [-0.25, -0.2) is 14.8 Å². The number of hydrogen-bond acceptors (Lipinski definition) is 7. The second-order valence-electron chi connectivity index (χ2n) is 4.88. The molecule has 0 spiro atoms. The van der Waals surface area contributed by atoms with Gasteiger partial charge in [0, 0.05) is 18.3 Å². The summed E-state index contributed by atoms with van der Waals surface area (Å²) in [5, 5.41) is 0. The molecule has 0 radical (unpaired) electrons. The van der Waals surface area contributed by atoms with Crippen LogP contribution in [0, 0.1) is 0 Å². The van der Waals surface area contributed by atoms with Crippen molar-refractivity contribution in [1.82, 2.24) is 9.97 Å². The highest BCUT2D eigenvalue weighted by molar-refractivity contribution is 8.00. The number of carbonyl (C=O) groups is 1. The Morgan fingerprint density at radius 3 is 2.79 bits per heavy atom. The van der Waals surface area contributed by atoms with E-state index in [9.17, 15) is 4.79 Å². The van der Waals surface area contributed by atoms with E-state index >= 15 is 0 Å². The average Bonchev–Trinajstić information content (AvgIpc) is 2.97. The summed E-state index contributed by atoms with van der Waals surface area (Å²) in [5.41, 5.74) is 1.11. The zero-order chi connectivity index (χ0) is 17.1.